The van der Waals surface area contributed by atoms with E-state index in [9.17, 15) is 9.59 Å². The van der Waals surface area contributed by atoms with E-state index in [-0.39, 0.29) is 0 Å². The summed E-state index contributed by atoms with van der Waals surface area (Å²) in [6, 6.07) is 0. The summed E-state index contributed by atoms with van der Waals surface area (Å²) in [6.45, 7) is 0. The molecule has 0 atom stereocenters. The molecule has 1 aromatic heterocycles. The van der Waals surface area contributed by atoms with E-state index >= 15 is 0 Å². The van der Waals surface area contributed by atoms with Gasteiger partial charge in [-0.1, -0.05) is 4.49 Å². The van der Waals surface area contributed by atoms with Crippen molar-refractivity contribution in [2.24, 2.45) is 0 Å². The zero-order valence-electron chi connectivity index (χ0n) is 5.85. The number of nitrogens with zero attached hydrogens (tertiary/aromatic N) is 2. The van der Waals surface area contributed by atoms with E-state index in [1.807, 2.05) is 0 Å². The average molecular weight is 187 g/mol. The van der Waals surface area contributed by atoms with Crippen LogP contribution in [0.5, 0.6) is 0 Å². The van der Waals surface area contributed by atoms with Gasteiger partial charge in [0, 0.05) is 11.5 Å². The maximum absolute atomic E-state index is 10.8. The quantitative estimate of drug-likeness (QED) is 0.647. The van der Waals surface area contributed by atoms with E-state index < -0.39 is 18.3 Å². The molecule has 2 N–H and O–H groups in total. The average Bonchev–Trinajstić information content (AvgIpc) is 2.37. The molecule has 1 aromatic rings. The molecular formula is C5H5N3O3S. The van der Waals surface area contributed by atoms with Gasteiger partial charge in [0.05, 0.1) is 6.20 Å². The molecule has 0 spiro atoms. The number of anilines is 1. The van der Waals surface area contributed by atoms with Crippen molar-refractivity contribution in [3.8, 4) is 0 Å². The summed E-state index contributed by atoms with van der Waals surface area (Å²) in [6.07, 6.45) is 0.808. The van der Waals surface area contributed by atoms with Gasteiger partial charge < -0.3 is 10.4 Å². The van der Waals surface area contributed by atoms with Gasteiger partial charge in [-0.2, -0.15) is 0 Å². The number of carbonyl (C=O) groups excluding carboxylic acids is 1. The third-order valence-corrected chi connectivity index (χ3v) is 1.52. The first-order valence-corrected chi connectivity index (χ1v) is 3.75. The molecule has 7 heteroatoms. The Labute approximate surface area is 71.4 Å². The molecule has 0 aliphatic rings. The summed E-state index contributed by atoms with van der Waals surface area (Å²) in [5, 5.41) is 14.5. The van der Waals surface area contributed by atoms with Crippen molar-refractivity contribution < 1.29 is 14.7 Å². The summed E-state index contributed by atoms with van der Waals surface area (Å²) < 4.78 is 3.48. The summed E-state index contributed by atoms with van der Waals surface area (Å²) >= 11 is 0.992. The molecule has 0 unspecified atom stereocenters. The Morgan fingerprint density at radius 3 is 2.92 bits per heavy atom. The van der Waals surface area contributed by atoms with Crippen LogP contribution in [0.1, 0.15) is 6.42 Å². The number of carboxylic acids is 1. The number of amides is 1. The molecule has 0 radical (unpaired) electrons. The fraction of sp³-hybridized carbons (Fsp3) is 0.200. The van der Waals surface area contributed by atoms with Crippen LogP contribution in [0.4, 0.5) is 5.00 Å². The lowest BCUT2D eigenvalue weighted by Gasteiger charge is -1.95. The van der Waals surface area contributed by atoms with Gasteiger partial charge in [0.15, 0.2) is 0 Å². The van der Waals surface area contributed by atoms with Crippen molar-refractivity contribution in [1.29, 1.82) is 0 Å². The smallest absolute Gasteiger partial charge is 0.312 e. The molecule has 0 aliphatic carbocycles. The number of aromatic nitrogens is 2. The molecule has 0 saturated carbocycles. The zero-order valence-corrected chi connectivity index (χ0v) is 6.67. The first kappa shape index (κ1) is 8.60. The molecule has 0 aliphatic heterocycles. The van der Waals surface area contributed by atoms with Gasteiger partial charge in [-0.15, -0.1) is 5.10 Å². The molecular weight excluding hydrogens is 182 g/mol. The van der Waals surface area contributed by atoms with Crippen LogP contribution in [0.15, 0.2) is 6.20 Å². The highest BCUT2D eigenvalue weighted by molar-refractivity contribution is 7.10. The highest BCUT2D eigenvalue weighted by Crippen LogP contribution is 2.08. The normalized spacial score (nSPS) is 9.33. The van der Waals surface area contributed by atoms with Crippen LogP contribution < -0.4 is 5.32 Å². The molecule has 64 valence electrons. The molecule has 0 aromatic carbocycles. The maximum atomic E-state index is 10.8. The number of rotatable bonds is 3. The van der Waals surface area contributed by atoms with Gasteiger partial charge in [-0.3, -0.25) is 9.59 Å². The molecule has 0 saturated heterocycles. The summed E-state index contributed by atoms with van der Waals surface area (Å²) in [5.41, 5.74) is 0. The Morgan fingerprint density at radius 2 is 2.42 bits per heavy atom. The lowest BCUT2D eigenvalue weighted by atomic mass is 10.4. The van der Waals surface area contributed by atoms with Crippen molar-refractivity contribution in [2.45, 2.75) is 6.42 Å². The van der Waals surface area contributed by atoms with Gasteiger partial charge in [0.1, 0.15) is 11.4 Å². The van der Waals surface area contributed by atoms with Crippen molar-refractivity contribution in [1.82, 2.24) is 9.59 Å². The first-order valence-electron chi connectivity index (χ1n) is 2.97. The minimum Gasteiger partial charge on any atom is -0.481 e. The van der Waals surface area contributed by atoms with Gasteiger partial charge in [-0.25, -0.2) is 0 Å². The Balaban J connectivity index is 2.42. The second-order valence-electron chi connectivity index (χ2n) is 1.90. The van der Waals surface area contributed by atoms with Crippen molar-refractivity contribution in [3.63, 3.8) is 0 Å². The molecule has 12 heavy (non-hydrogen) atoms. The van der Waals surface area contributed by atoms with E-state index in [0.717, 1.165) is 11.5 Å². The Morgan fingerprint density at radius 1 is 1.67 bits per heavy atom. The van der Waals surface area contributed by atoms with E-state index in [2.05, 4.69) is 14.9 Å². The molecule has 1 rings (SSSR count). The highest BCUT2D eigenvalue weighted by atomic mass is 32.1. The van der Waals surface area contributed by atoms with Crippen molar-refractivity contribution >= 4 is 28.4 Å². The van der Waals surface area contributed by atoms with E-state index in [0.29, 0.717) is 5.00 Å². The van der Waals surface area contributed by atoms with Crippen LogP contribution in [0, 0.1) is 0 Å². The Kier molecular flexibility index (Phi) is 2.70. The number of carbonyl (C=O) groups is 2. The predicted molar refractivity (Wildman–Crippen MR) is 40.8 cm³/mol. The minimum absolute atomic E-state index is 0.446. The van der Waals surface area contributed by atoms with Gasteiger partial charge >= 0.3 is 5.97 Å². The third kappa shape index (κ3) is 2.62. The van der Waals surface area contributed by atoms with Gasteiger partial charge in [0.2, 0.25) is 5.91 Å². The topological polar surface area (TPSA) is 92.2 Å². The van der Waals surface area contributed by atoms with Crippen molar-refractivity contribution in [2.75, 3.05) is 5.32 Å². The molecule has 0 fully saturated rings. The lowest BCUT2D eigenvalue weighted by Crippen LogP contribution is -2.15. The van der Waals surface area contributed by atoms with Gasteiger partial charge in [0.25, 0.3) is 0 Å². The van der Waals surface area contributed by atoms with E-state index in [1.165, 1.54) is 6.20 Å². The number of carboxylic acid groups (broad SMARTS) is 1. The number of hydrogen-bond acceptors (Lipinski definition) is 5. The standard InChI is InChI=1S/C5H5N3O3S/c9-3(1-5(10)11)7-4-2-6-8-12-4/h2H,1H2,(H,7,9)(H,10,11). The first-order chi connectivity index (χ1) is 5.68. The lowest BCUT2D eigenvalue weighted by molar-refractivity contribution is -0.139. The van der Waals surface area contributed by atoms with Crippen LogP contribution >= 0.6 is 11.5 Å². The van der Waals surface area contributed by atoms with Crippen LogP contribution in [0.3, 0.4) is 0 Å². The van der Waals surface area contributed by atoms with Crippen molar-refractivity contribution in [3.05, 3.63) is 6.20 Å². The summed E-state index contributed by atoms with van der Waals surface area (Å²) in [5.74, 6) is -1.74. The van der Waals surface area contributed by atoms with Crippen LogP contribution in [0.25, 0.3) is 0 Å². The molecule has 6 nitrogen and oxygen atoms in total. The monoisotopic (exact) mass is 187 g/mol. The van der Waals surface area contributed by atoms with Crippen LogP contribution in [-0.4, -0.2) is 26.6 Å². The fourth-order valence-corrected chi connectivity index (χ4v) is 0.977. The Hall–Kier alpha value is -1.50. The molecule has 1 heterocycles. The second kappa shape index (κ2) is 3.77. The SMILES string of the molecule is O=C(O)CC(=O)Nc1cnns1. The second-order valence-corrected chi connectivity index (χ2v) is 2.69. The molecule has 0 bridgehead atoms. The van der Waals surface area contributed by atoms with E-state index in [4.69, 9.17) is 5.11 Å². The number of hydrogen-bond donors (Lipinski definition) is 2. The van der Waals surface area contributed by atoms with Crippen LogP contribution in [-0.2, 0) is 9.59 Å². The summed E-state index contributed by atoms with van der Waals surface area (Å²) in [7, 11) is 0. The largest absolute Gasteiger partial charge is 0.481 e. The summed E-state index contributed by atoms with van der Waals surface area (Å²) in [4.78, 5) is 20.8. The third-order valence-electron chi connectivity index (χ3n) is 0.936. The maximum Gasteiger partial charge on any atom is 0.312 e. The van der Waals surface area contributed by atoms with Crippen LogP contribution in [0.2, 0.25) is 0 Å². The predicted octanol–water partition coefficient (Wildman–Crippen LogP) is -0.0487. The Bertz CT molecular complexity index is 284. The molecule has 1 amide bonds. The highest BCUT2D eigenvalue weighted by Gasteiger charge is 2.08. The zero-order chi connectivity index (χ0) is 8.97. The van der Waals surface area contributed by atoms with Gasteiger partial charge in [-0.05, 0) is 0 Å². The number of aliphatic carboxylic acids is 1. The minimum atomic E-state index is -1.16. The fourth-order valence-electron chi connectivity index (χ4n) is 0.541. The number of nitrogens with one attached hydrogen (secondary N) is 1. The van der Waals surface area contributed by atoms with E-state index in [1.54, 1.807) is 0 Å².